The predicted molar refractivity (Wildman–Crippen MR) is 72.4 cm³/mol. The maximum Gasteiger partial charge on any atom is 0.238 e. The fraction of sp³-hybridized carbons (Fsp3) is 0.308. The topological polar surface area (TPSA) is 89.3 Å². The van der Waals surface area contributed by atoms with Crippen LogP contribution in [0.25, 0.3) is 0 Å². The van der Waals surface area contributed by atoms with E-state index in [1.807, 2.05) is 0 Å². The molecule has 3 N–H and O–H groups in total. The number of benzene rings is 1. The number of nitrogens with one attached hydrogen (secondary N) is 1. The normalized spacial score (nSPS) is 12.5. The molecule has 1 aromatic carbocycles. The van der Waals surface area contributed by atoms with E-state index in [9.17, 15) is 13.2 Å². The van der Waals surface area contributed by atoms with Crippen molar-refractivity contribution in [3.05, 3.63) is 29.8 Å². The zero-order valence-electron chi connectivity index (χ0n) is 10.6. The van der Waals surface area contributed by atoms with Gasteiger partial charge in [-0.25, -0.2) is 13.6 Å². The second kappa shape index (κ2) is 6.36. The van der Waals surface area contributed by atoms with Crippen LogP contribution in [0.15, 0.2) is 29.2 Å². The molecule has 19 heavy (non-hydrogen) atoms. The van der Waals surface area contributed by atoms with Crippen molar-refractivity contribution in [2.75, 3.05) is 0 Å². The van der Waals surface area contributed by atoms with Gasteiger partial charge in [-0.2, -0.15) is 0 Å². The van der Waals surface area contributed by atoms with E-state index in [1.54, 1.807) is 19.1 Å². The zero-order chi connectivity index (χ0) is 14.5. The number of carbonyl (C=O) groups excluding carboxylic acids is 1. The lowest BCUT2D eigenvalue weighted by molar-refractivity contribution is -0.121. The molecular weight excluding hydrogens is 264 g/mol. The van der Waals surface area contributed by atoms with Gasteiger partial charge in [-0.05, 0) is 24.6 Å². The average Bonchev–Trinajstić information content (AvgIpc) is 2.35. The monoisotopic (exact) mass is 280 g/mol. The minimum absolute atomic E-state index is 0.0229. The van der Waals surface area contributed by atoms with Gasteiger partial charge in [0.1, 0.15) is 0 Å². The summed E-state index contributed by atoms with van der Waals surface area (Å²) >= 11 is 0. The second-order valence-corrected chi connectivity index (χ2v) is 5.67. The van der Waals surface area contributed by atoms with Crippen molar-refractivity contribution in [1.82, 2.24) is 5.32 Å². The SMILES string of the molecule is C#CCCC(=O)NC(C)c1cccc(S(N)(=O)=O)c1. The largest absolute Gasteiger partial charge is 0.350 e. The summed E-state index contributed by atoms with van der Waals surface area (Å²) in [4.78, 5) is 11.5. The van der Waals surface area contributed by atoms with Crippen LogP contribution in [0.3, 0.4) is 0 Å². The molecule has 0 bridgehead atoms. The van der Waals surface area contributed by atoms with Gasteiger partial charge in [0.05, 0.1) is 10.9 Å². The number of nitrogens with two attached hydrogens (primary N) is 1. The summed E-state index contributed by atoms with van der Waals surface area (Å²) in [6.07, 6.45) is 5.69. The summed E-state index contributed by atoms with van der Waals surface area (Å²) in [6, 6.07) is 5.85. The fourth-order valence-corrected chi connectivity index (χ4v) is 2.11. The van der Waals surface area contributed by atoms with Crippen LogP contribution < -0.4 is 10.5 Å². The fourth-order valence-electron chi connectivity index (χ4n) is 1.54. The lowest BCUT2D eigenvalue weighted by atomic mass is 10.1. The number of hydrogen-bond acceptors (Lipinski definition) is 3. The van der Waals surface area contributed by atoms with Crippen molar-refractivity contribution >= 4 is 15.9 Å². The molecule has 0 aliphatic heterocycles. The van der Waals surface area contributed by atoms with E-state index in [2.05, 4.69) is 11.2 Å². The van der Waals surface area contributed by atoms with E-state index in [0.717, 1.165) is 0 Å². The van der Waals surface area contributed by atoms with Crippen molar-refractivity contribution in [2.45, 2.75) is 30.7 Å². The molecule has 0 heterocycles. The zero-order valence-corrected chi connectivity index (χ0v) is 11.4. The van der Waals surface area contributed by atoms with E-state index in [0.29, 0.717) is 12.0 Å². The summed E-state index contributed by atoms with van der Waals surface area (Å²) < 4.78 is 22.5. The molecule has 0 aliphatic rings. The van der Waals surface area contributed by atoms with Gasteiger partial charge >= 0.3 is 0 Å². The van der Waals surface area contributed by atoms with Gasteiger partial charge in [-0.15, -0.1) is 12.3 Å². The molecule has 0 aromatic heterocycles. The number of sulfonamides is 1. The molecular formula is C13H16N2O3S. The van der Waals surface area contributed by atoms with Crippen LogP contribution in [0.1, 0.15) is 31.4 Å². The summed E-state index contributed by atoms with van der Waals surface area (Å²) in [5.74, 6) is 2.21. The average molecular weight is 280 g/mol. The Morgan fingerprint density at radius 2 is 2.21 bits per heavy atom. The van der Waals surface area contributed by atoms with Crippen LogP contribution in [-0.2, 0) is 14.8 Å². The highest BCUT2D eigenvalue weighted by Gasteiger charge is 2.13. The summed E-state index contributed by atoms with van der Waals surface area (Å²) in [5, 5.41) is 7.80. The van der Waals surface area contributed by atoms with E-state index in [4.69, 9.17) is 11.6 Å². The lowest BCUT2D eigenvalue weighted by Gasteiger charge is -2.14. The lowest BCUT2D eigenvalue weighted by Crippen LogP contribution is -2.26. The van der Waals surface area contributed by atoms with Crippen LogP contribution in [0.4, 0.5) is 0 Å². The first kappa shape index (κ1) is 15.2. The minimum Gasteiger partial charge on any atom is -0.350 e. The van der Waals surface area contributed by atoms with Gasteiger partial charge in [0.2, 0.25) is 15.9 Å². The summed E-state index contributed by atoms with van der Waals surface area (Å²) in [6.45, 7) is 1.76. The Bertz CT molecular complexity index is 603. The number of amides is 1. The molecule has 102 valence electrons. The Hall–Kier alpha value is -1.84. The number of primary sulfonamides is 1. The van der Waals surface area contributed by atoms with Crippen molar-refractivity contribution in [2.24, 2.45) is 5.14 Å². The highest BCUT2D eigenvalue weighted by Crippen LogP contribution is 2.16. The van der Waals surface area contributed by atoms with E-state index < -0.39 is 10.0 Å². The number of hydrogen-bond donors (Lipinski definition) is 2. The first-order valence-electron chi connectivity index (χ1n) is 5.70. The maximum atomic E-state index is 11.5. The molecule has 1 aromatic rings. The van der Waals surface area contributed by atoms with Gasteiger partial charge in [0, 0.05) is 12.8 Å². The second-order valence-electron chi connectivity index (χ2n) is 4.11. The third-order valence-corrected chi connectivity index (χ3v) is 3.47. The molecule has 1 atom stereocenters. The van der Waals surface area contributed by atoms with E-state index in [1.165, 1.54) is 12.1 Å². The molecule has 0 saturated heterocycles. The number of terminal acetylenes is 1. The molecule has 0 radical (unpaired) electrons. The molecule has 0 fully saturated rings. The summed E-state index contributed by atoms with van der Waals surface area (Å²) in [7, 11) is -3.74. The van der Waals surface area contributed by atoms with Crippen molar-refractivity contribution < 1.29 is 13.2 Å². The minimum atomic E-state index is -3.74. The van der Waals surface area contributed by atoms with Crippen LogP contribution >= 0.6 is 0 Å². The van der Waals surface area contributed by atoms with Gasteiger partial charge in [0.15, 0.2) is 0 Å². The standard InChI is InChI=1S/C13H16N2O3S/c1-3-4-8-13(16)15-10(2)11-6-5-7-12(9-11)19(14,17)18/h1,5-7,9-10H,4,8H2,2H3,(H,15,16)(H2,14,17,18). The highest BCUT2D eigenvalue weighted by molar-refractivity contribution is 7.89. The van der Waals surface area contributed by atoms with Crippen LogP contribution in [0.5, 0.6) is 0 Å². The smallest absolute Gasteiger partial charge is 0.238 e. The predicted octanol–water partition coefficient (Wildman–Crippen LogP) is 0.925. The first-order valence-corrected chi connectivity index (χ1v) is 7.25. The van der Waals surface area contributed by atoms with E-state index in [-0.39, 0.29) is 23.3 Å². The Morgan fingerprint density at radius 3 is 2.79 bits per heavy atom. The highest BCUT2D eigenvalue weighted by atomic mass is 32.2. The van der Waals surface area contributed by atoms with Crippen LogP contribution in [-0.4, -0.2) is 14.3 Å². The third-order valence-electron chi connectivity index (χ3n) is 2.56. The molecule has 0 spiro atoms. The van der Waals surface area contributed by atoms with Gasteiger partial charge in [-0.1, -0.05) is 12.1 Å². The quantitative estimate of drug-likeness (QED) is 0.786. The van der Waals surface area contributed by atoms with Crippen LogP contribution in [0, 0.1) is 12.3 Å². The van der Waals surface area contributed by atoms with Crippen LogP contribution in [0.2, 0.25) is 0 Å². The Labute approximate surface area is 113 Å². The Kier molecular flexibility index (Phi) is 5.10. The molecule has 6 heteroatoms. The molecule has 1 amide bonds. The van der Waals surface area contributed by atoms with Crippen molar-refractivity contribution in [3.8, 4) is 12.3 Å². The first-order chi connectivity index (χ1) is 8.84. The molecule has 0 aliphatic carbocycles. The van der Waals surface area contributed by atoms with Crippen molar-refractivity contribution in [1.29, 1.82) is 0 Å². The molecule has 0 saturated carbocycles. The van der Waals surface area contributed by atoms with E-state index >= 15 is 0 Å². The maximum absolute atomic E-state index is 11.5. The Morgan fingerprint density at radius 1 is 1.53 bits per heavy atom. The van der Waals surface area contributed by atoms with Gasteiger partial charge < -0.3 is 5.32 Å². The molecule has 1 rings (SSSR count). The van der Waals surface area contributed by atoms with Gasteiger partial charge in [0.25, 0.3) is 0 Å². The van der Waals surface area contributed by atoms with Gasteiger partial charge in [-0.3, -0.25) is 4.79 Å². The number of rotatable bonds is 5. The Balaban J connectivity index is 2.81. The summed E-state index contributed by atoms with van der Waals surface area (Å²) in [5.41, 5.74) is 0.667. The van der Waals surface area contributed by atoms with Crippen molar-refractivity contribution in [3.63, 3.8) is 0 Å². The third kappa shape index (κ3) is 4.73. The molecule has 1 unspecified atom stereocenters. The molecule has 5 nitrogen and oxygen atoms in total. The number of carbonyl (C=O) groups is 1.